The number of amides is 1. The number of hydrogen-bond donors (Lipinski definition) is 2. The van der Waals surface area contributed by atoms with Gasteiger partial charge in [0.25, 0.3) is 10.0 Å². The van der Waals surface area contributed by atoms with Crippen LogP contribution in [0.15, 0.2) is 41.4 Å². The Morgan fingerprint density at radius 3 is 2.66 bits per heavy atom. The Morgan fingerprint density at radius 1 is 1.16 bits per heavy atom. The average molecular weight is 559 g/mol. The number of esters is 1. The fourth-order valence-corrected chi connectivity index (χ4v) is 6.38. The van der Waals surface area contributed by atoms with Crippen molar-refractivity contribution in [3.05, 3.63) is 53.5 Å². The largest absolute Gasteiger partial charge is 0.462 e. The van der Waals surface area contributed by atoms with Crippen LogP contribution in [-0.2, 0) is 24.3 Å². The number of benzene rings is 1. The van der Waals surface area contributed by atoms with Crippen molar-refractivity contribution in [2.75, 3.05) is 29.9 Å². The number of aromatic nitrogens is 2. The third-order valence-corrected chi connectivity index (χ3v) is 8.69. The minimum atomic E-state index is -4.03. The van der Waals surface area contributed by atoms with Gasteiger partial charge in [0, 0.05) is 37.1 Å². The predicted molar refractivity (Wildman–Crippen MR) is 145 cm³/mol. The highest BCUT2D eigenvalue weighted by Gasteiger charge is 2.22. The third-order valence-electron chi connectivity index (χ3n) is 6.08. The number of rotatable bonds is 9. The second-order valence-corrected chi connectivity index (χ2v) is 11.6. The molecule has 1 amide bonds. The van der Waals surface area contributed by atoms with E-state index in [4.69, 9.17) is 9.47 Å². The number of nitrogens with one attached hydrogen (secondary N) is 2. The summed E-state index contributed by atoms with van der Waals surface area (Å²) in [5, 5.41) is 3.32. The van der Waals surface area contributed by atoms with Crippen LogP contribution in [0.4, 0.5) is 10.8 Å². The molecule has 10 nitrogen and oxygen atoms in total. The van der Waals surface area contributed by atoms with Crippen LogP contribution in [0.3, 0.4) is 0 Å². The predicted octanol–water partition coefficient (Wildman–Crippen LogP) is 4.55. The fraction of sp³-hybridized carbons (Fsp3) is 0.385. The molecule has 1 aliphatic rings. The number of nitrogens with zero attached hydrogens (tertiary/aromatic N) is 2. The SMILES string of the molecule is CCOC(=O)c1cccc(NS(=O)(=O)c2cc(-c3sc(NC(=O)CC4CCOCC4)nc3C)cnc2C)c1. The molecule has 4 rings (SSSR count). The van der Waals surface area contributed by atoms with Crippen molar-refractivity contribution in [3.8, 4) is 10.4 Å². The van der Waals surface area contributed by atoms with Crippen LogP contribution in [0.5, 0.6) is 0 Å². The van der Waals surface area contributed by atoms with Gasteiger partial charge in [0.05, 0.1) is 28.4 Å². The van der Waals surface area contributed by atoms with Gasteiger partial charge in [-0.3, -0.25) is 14.5 Å². The number of carbonyl (C=O) groups excluding carboxylic acids is 2. The lowest BCUT2D eigenvalue weighted by atomic mass is 9.96. The van der Waals surface area contributed by atoms with E-state index in [0.29, 0.717) is 52.5 Å². The Labute approximate surface area is 225 Å². The molecule has 1 saturated heterocycles. The molecule has 0 bridgehead atoms. The summed E-state index contributed by atoms with van der Waals surface area (Å²) in [5.74, 6) is -0.342. The molecule has 3 aromatic rings. The lowest BCUT2D eigenvalue weighted by molar-refractivity contribution is -0.117. The first-order valence-corrected chi connectivity index (χ1v) is 14.6. The average Bonchev–Trinajstić information content (AvgIpc) is 3.24. The van der Waals surface area contributed by atoms with E-state index < -0.39 is 16.0 Å². The summed E-state index contributed by atoms with van der Waals surface area (Å²) in [5.41, 5.74) is 2.00. The number of carbonyl (C=O) groups is 2. The molecule has 3 heterocycles. The van der Waals surface area contributed by atoms with Gasteiger partial charge in [-0.15, -0.1) is 0 Å². The highest BCUT2D eigenvalue weighted by atomic mass is 32.2. The molecule has 202 valence electrons. The molecule has 2 N–H and O–H groups in total. The maximum atomic E-state index is 13.3. The Hall–Kier alpha value is -3.35. The van der Waals surface area contributed by atoms with Crippen molar-refractivity contribution in [1.29, 1.82) is 0 Å². The Kier molecular flexibility index (Phi) is 8.75. The first kappa shape index (κ1) is 27.7. The standard InChI is InChI=1S/C26H30N4O6S2/c1-4-36-25(32)19-6-5-7-21(13-19)30-38(33,34)22-14-20(15-27-16(22)2)24-17(3)28-26(37-24)29-23(31)12-18-8-10-35-11-9-18/h5-7,13-15,18,30H,4,8-12H2,1-3H3,(H,28,29,31). The summed E-state index contributed by atoms with van der Waals surface area (Å²) in [7, 11) is -4.03. The van der Waals surface area contributed by atoms with Crippen molar-refractivity contribution in [2.45, 2.75) is 44.9 Å². The lowest BCUT2D eigenvalue weighted by Gasteiger charge is -2.20. The zero-order chi connectivity index (χ0) is 27.3. The molecule has 12 heteroatoms. The van der Waals surface area contributed by atoms with Gasteiger partial charge in [-0.2, -0.15) is 0 Å². The minimum absolute atomic E-state index is 0.00515. The minimum Gasteiger partial charge on any atom is -0.462 e. The van der Waals surface area contributed by atoms with Crippen molar-refractivity contribution in [2.24, 2.45) is 5.92 Å². The summed E-state index contributed by atoms with van der Waals surface area (Å²) < 4.78 is 39.5. The first-order valence-electron chi connectivity index (χ1n) is 12.3. The highest BCUT2D eigenvalue weighted by Crippen LogP contribution is 2.34. The van der Waals surface area contributed by atoms with Crippen molar-refractivity contribution < 1.29 is 27.5 Å². The second kappa shape index (κ2) is 12.0. The molecular formula is C26H30N4O6S2. The van der Waals surface area contributed by atoms with Crippen LogP contribution in [0.25, 0.3) is 10.4 Å². The van der Waals surface area contributed by atoms with Gasteiger partial charge in [0.15, 0.2) is 5.13 Å². The number of sulfonamides is 1. The molecule has 0 saturated carbocycles. The number of hydrogen-bond acceptors (Lipinski definition) is 9. The maximum Gasteiger partial charge on any atom is 0.338 e. The number of pyridine rings is 1. The van der Waals surface area contributed by atoms with Crippen molar-refractivity contribution in [1.82, 2.24) is 9.97 Å². The molecule has 2 aromatic heterocycles. The van der Waals surface area contributed by atoms with Crippen LogP contribution in [0.1, 0.15) is 47.9 Å². The van der Waals surface area contributed by atoms with E-state index in [1.165, 1.54) is 23.5 Å². The number of thiazole rings is 1. The molecule has 1 aromatic carbocycles. The summed E-state index contributed by atoms with van der Waals surface area (Å²) >= 11 is 1.27. The molecule has 38 heavy (non-hydrogen) atoms. The van der Waals surface area contributed by atoms with Crippen molar-refractivity contribution in [3.63, 3.8) is 0 Å². The van der Waals surface area contributed by atoms with Gasteiger partial charge in [0.2, 0.25) is 5.91 Å². The summed E-state index contributed by atoms with van der Waals surface area (Å²) in [6.45, 7) is 6.67. The Morgan fingerprint density at radius 2 is 1.92 bits per heavy atom. The normalized spacial score (nSPS) is 14.2. The van der Waals surface area contributed by atoms with E-state index in [1.807, 2.05) is 0 Å². The lowest BCUT2D eigenvalue weighted by Crippen LogP contribution is -2.22. The van der Waals surface area contributed by atoms with Crippen LogP contribution < -0.4 is 10.0 Å². The molecule has 0 atom stereocenters. The number of ether oxygens (including phenoxy) is 2. The highest BCUT2D eigenvalue weighted by molar-refractivity contribution is 7.92. The molecule has 0 unspecified atom stereocenters. The topological polar surface area (TPSA) is 137 Å². The van der Waals surface area contributed by atoms with Gasteiger partial charge in [-0.05, 0) is 63.8 Å². The number of aryl methyl sites for hydroxylation is 2. The van der Waals surface area contributed by atoms with Crippen LogP contribution in [0.2, 0.25) is 0 Å². The molecule has 0 spiro atoms. The monoisotopic (exact) mass is 558 g/mol. The third kappa shape index (κ3) is 6.74. The van der Waals surface area contributed by atoms with Crippen LogP contribution in [-0.4, -0.2) is 50.1 Å². The fourth-order valence-electron chi connectivity index (χ4n) is 4.14. The van der Waals surface area contributed by atoms with Gasteiger partial charge in [-0.25, -0.2) is 18.2 Å². The molecular weight excluding hydrogens is 528 g/mol. The van der Waals surface area contributed by atoms with Gasteiger partial charge in [-0.1, -0.05) is 17.4 Å². The van der Waals surface area contributed by atoms with E-state index in [0.717, 1.165) is 12.8 Å². The van der Waals surface area contributed by atoms with Gasteiger partial charge in [0.1, 0.15) is 4.90 Å². The summed E-state index contributed by atoms with van der Waals surface area (Å²) in [6, 6.07) is 7.63. The van der Waals surface area contributed by atoms with E-state index in [9.17, 15) is 18.0 Å². The first-order chi connectivity index (χ1) is 18.2. The number of anilines is 2. The van der Waals surface area contributed by atoms with E-state index >= 15 is 0 Å². The van der Waals surface area contributed by atoms with Crippen LogP contribution >= 0.6 is 11.3 Å². The summed E-state index contributed by atoms with van der Waals surface area (Å²) in [6.07, 6.45) is 3.73. The maximum absolute atomic E-state index is 13.3. The summed E-state index contributed by atoms with van der Waals surface area (Å²) in [4.78, 5) is 34.1. The van der Waals surface area contributed by atoms with Crippen LogP contribution in [0, 0.1) is 19.8 Å². The zero-order valence-electron chi connectivity index (χ0n) is 21.4. The van der Waals surface area contributed by atoms with Gasteiger partial charge < -0.3 is 14.8 Å². The van der Waals surface area contributed by atoms with E-state index in [1.54, 1.807) is 45.2 Å². The Bertz CT molecular complexity index is 1430. The zero-order valence-corrected chi connectivity index (χ0v) is 23.1. The molecule has 1 fully saturated rings. The molecule has 0 aliphatic carbocycles. The smallest absolute Gasteiger partial charge is 0.338 e. The quantitative estimate of drug-likeness (QED) is 0.365. The van der Waals surface area contributed by atoms with E-state index in [-0.39, 0.29) is 28.7 Å². The molecule has 1 aliphatic heterocycles. The van der Waals surface area contributed by atoms with Crippen molar-refractivity contribution >= 4 is 44.1 Å². The Balaban J connectivity index is 1.53. The van der Waals surface area contributed by atoms with E-state index in [2.05, 4.69) is 20.0 Å². The van der Waals surface area contributed by atoms with Gasteiger partial charge >= 0.3 is 5.97 Å². The second-order valence-electron chi connectivity index (χ2n) is 8.96. The molecule has 0 radical (unpaired) electrons.